The lowest BCUT2D eigenvalue weighted by molar-refractivity contribution is 0.829. The van der Waals surface area contributed by atoms with Crippen LogP contribution in [0.15, 0.2) is 106 Å². The molecule has 3 nitrogen and oxygen atoms in total. The molecular formula is C25H23N3S2. The van der Waals surface area contributed by atoms with E-state index in [4.69, 9.17) is 10.1 Å². The zero-order valence-electron chi connectivity index (χ0n) is 16.8. The van der Waals surface area contributed by atoms with E-state index in [0.717, 1.165) is 16.1 Å². The van der Waals surface area contributed by atoms with Crippen molar-refractivity contribution >= 4 is 28.9 Å². The Bertz CT molecular complexity index is 1140. The van der Waals surface area contributed by atoms with Crippen molar-refractivity contribution in [2.24, 2.45) is 10.1 Å². The standard InChI is InChI=1S/C25H23N3S2/c1-19(2)16-26-25-28(23(18-30-25)24-14-9-15-29-24)27-17-22(20-10-5-3-6-11-20)21-12-7-4-8-13-21/h3-15,17-18,22H,1,16H2,2H3/b26-25?,27-17-. The van der Waals surface area contributed by atoms with Gasteiger partial charge in [0.15, 0.2) is 0 Å². The summed E-state index contributed by atoms with van der Waals surface area (Å²) in [6.45, 7) is 6.57. The Balaban J connectivity index is 1.80. The Labute approximate surface area is 185 Å². The maximum atomic E-state index is 4.94. The first-order valence-electron chi connectivity index (χ1n) is 9.76. The third-order valence-electron chi connectivity index (χ3n) is 4.59. The summed E-state index contributed by atoms with van der Waals surface area (Å²) in [5.74, 6) is 0.0602. The first kappa shape index (κ1) is 20.3. The lowest BCUT2D eigenvalue weighted by Gasteiger charge is -2.13. The number of rotatable bonds is 7. The molecule has 0 atom stereocenters. The van der Waals surface area contributed by atoms with E-state index in [0.29, 0.717) is 6.54 Å². The van der Waals surface area contributed by atoms with Crippen LogP contribution in [-0.2, 0) is 0 Å². The highest BCUT2D eigenvalue weighted by Gasteiger charge is 2.13. The third-order valence-corrected chi connectivity index (χ3v) is 6.34. The van der Waals surface area contributed by atoms with Crippen LogP contribution in [0.3, 0.4) is 0 Å². The Morgan fingerprint density at radius 2 is 1.63 bits per heavy atom. The monoisotopic (exact) mass is 429 g/mol. The fourth-order valence-electron chi connectivity index (χ4n) is 3.14. The van der Waals surface area contributed by atoms with Crippen LogP contribution in [0.4, 0.5) is 0 Å². The van der Waals surface area contributed by atoms with Gasteiger partial charge < -0.3 is 0 Å². The van der Waals surface area contributed by atoms with Crippen LogP contribution in [0.5, 0.6) is 0 Å². The van der Waals surface area contributed by atoms with Gasteiger partial charge in [0.05, 0.1) is 17.1 Å². The minimum absolute atomic E-state index is 0.0602. The number of aromatic nitrogens is 1. The maximum absolute atomic E-state index is 4.94. The molecule has 2 aromatic carbocycles. The summed E-state index contributed by atoms with van der Waals surface area (Å²) < 4.78 is 1.96. The number of hydrogen-bond acceptors (Lipinski definition) is 4. The average Bonchev–Trinajstić information content (AvgIpc) is 3.44. The molecule has 0 amide bonds. The van der Waals surface area contributed by atoms with E-state index in [1.807, 2.05) is 29.9 Å². The maximum Gasteiger partial charge on any atom is 0.206 e. The molecule has 4 rings (SSSR count). The summed E-state index contributed by atoms with van der Waals surface area (Å²) in [4.78, 5) is 6.78. The van der Waals surface area contributed by atoms with Gasteiger partial charge in [-0.15, -0.1) is 22.7 Å². The topological polar surface area (TPSA) is 29.6 Å². The van der Waals surface area contributed by atoms with Crippen molar-refractivity contribution in [1.29, 1.82) is 0 Å². The molecule has 2 heterocycles. The highest BCUT2D eigenvalue weighted by molar-refractivity contribution is 7.14. The molecule has 0 spiro atoms. The molecule has 0 aliphatic heterocycles. The predicted molar refractivity (Wildman–Crippen MR) is 129 cm³/mol. The van der Waals surface area contributed by atoms with Gasteiger partial charge in [0, 0.05) is 17.5 Å². The van der Waals surface area contributed by atoms with Gasteiger partial charge >= 0.3 is 0 Å². The van der Waals surface area contributed by atoms with Crippen LogP contribution < -0.4 is 4.80 Å². The molecule has 0 bridgehead atoms. The van der Waals surface area contributed by atoms with E-state index >= 15 is 0 Å². The van der Waals surface area contributed by atoms with Gasteiger partial charge in [0.25, 0.3) is 0 Å². The highest BCUT2D eigenvalue weighted by Crippen LogP contribution is 2.26. The minimum atomic E-state index is 0.0602. The summed E-state index contributed by atoms with van der Waals surface area (Å²) in [6, 6.07) is 25.1. The van der Waals surface area contributed by atoms with E-state index in [2.05, 4.69) is 78.0 Å². The van der Waals surface area contributed by atoms with Crippen molar-refractivity contribution in [3.05, 3.63) is 112 Å². The molecule has 2 aromatic heterocycles. The number of benzene rings is 2. The molecular weight excluding hydrogens is 406 g/mol. The molecule has 150 valence electrons. The zero-order valence-corrected chi connectivity index (χ0v) is 18.4. The first-order valence-corrected chi connectivity index (χ1v) is 11.5. The van der Waals surface area contributed by atoms with Crippen molar-refractivity contribution in [1.82, 2.24) is 4.68 Å². The summed E-state index contributed by atoms with van der Waals surface area (Å²) in [5.41, 5.74) is 4.51. The molecule has 0 N–H and O–H groups in total. The smallest absolute Gasteiger partial charge is 0.206 e. The minimum Gasteiger partial charge on any atom is -0.253 e. The normalized spacial score (nSPS) is 12.1. The number of nitrogens with zero attached hydrogens (tertiary/aromatic N) is 3. The fraction of sp³-hybridized carbons (Fsp3) is 0.120. The molecule has 5 heteroatoms. The molecule has 0 saturated heterocycles. The number of thiazole rings is 1. The molecule has 30 heavy (non-hydrogen) atoms. The SMILES string of the molecule is C=C(C)CN=c1scc(-c2cccs2)n1/N=C\C(c1ccccc1)c1ccccc1. The van der Waals surface area contributed by atoms with Crippen LogP contribution >= 0.6 is 22.7 Å². The van der Waals surface area contributed by atoms with Crippen LogP contribution in [0.2, 0.25) is 0 Å². The summed E-state index contributed by atoms with van der Waals surface area (Å²) >= 11 is 3.32. The van der Waals surface area contributed by atoms with Crippen molar-refractivity contribution in [3.63, 3.8) is 0 Å². The number of hydrogen-bond donors (Lipinski definition) is 0. The van der Waals surface area contributed by atoms with Gasteiger partial charge in [-0.1, -0.05) is 78.9 Å². The van der Waals surface area contributed by atoms with E-state index in [1.165, 1.54) is 16.0 Å². The molecule has 0 radical (unpaired) electrons. The van der Waals surface area contributed by atoms with Gasteiger partial charge in [-0.3, -0.25) is 4.99 Å². The zero-order chi connectivity index (χ0) is 20.8. The van der Waals surface area contributed by atoms with Gasteiger partial charge in [-0.05, 0) is 29.5 Å². The Hall–Kier alpha value is -3.02. The van der Waals surface area contributed by atoms with Crippen LogP contribution in [0, 0.1) is 0 Å². The second-order valence-electron chi connectivity index (χ2n) is 7.03. The van der Waals surface area contributed by atoms with E-state index in [1.54, 1.807) is 22.7 Å². The molecule has 0 aliphatic carbocycles. The fourth-order valence-corrected chi connectivity index (χ4v) is 4.77. The van der Waals surface area contributed by atoms with Gasteiger partial charge in [-0.25, -0.2) is 4.68 Å². The first-order chi connectivity index (χ1) is 14.7. The van der Waals surface area contributed by atoms with E-state index in [-0.39, 0.29) is 5.92 Å². The quantitative estimate of drug-likeness (QED) is 0.240. The van der Waals surface area contributed by atoms with Crippen molar-refractivity contribution < 1.29 is 0 Å². The molecule has 0 unspecified atom stereocenters. The predicted octanol–water partition coefficient (Wildman–Crippen LogP) is 6.42. The van der Waals surface area contributed by atoms with Crippen molar-refractivity contribution in [2.45, 2.75) is 12.8 Å². The number of thiophene rings is 1. The Morgan fingerprint density at radius 1 is 0.967 bits per heavy atom. The van der Waals surface area contributed by atoms with Gasteiger partial charge in [0.2, 0.25) is 4.80 Å². The molecule has 0 saturated carbocycles. The Kier molecular flexibility index (Phi) is 6.52. The van der Waals surface area contributed by atoms with Gasteiger partial charge in [-0.2, -0.15) is 5.10 Å². The lowest BCUT2D eigenvalue weighted by Crippen LogP contribution is -2.14. The largest absolute Gasteiger partial charge is 0.253 e. The third kappa shape index (κ3) is 4.75. The van der Waals surface area contributed by atoms with Gasteiger partial charge in [0.1, 0.15) is 0 Å². The summed E-state index contributed by atoms with van der Waals surface area (Å²) in [5, 5.41) is 9.15. The second-order valence-corrected chi connectivity index (χ2v) is 8.81. The summed E-state index contributed by atoms with van der Waals surface area (Å²) in [6.07, 6.45) is 2.02. The Morgan fingerprint density at radius 3 is 2.20 bits per heavy atom. The molecule has 0 aliphatic rings. The van der Waals surface area contributed by atoms with Crippen molar-refractivity contribution in [3.8, 4) is 10.6 Å². The van der Waals surface area contributed by atoms with E-state index in [9.17, 15) is 0 Å². The van der Waals surface area contributed by atoms with Crippen LogP contribution in [-0.4, -0.2) is 17.4 Å². The highest BCUT2D eigenvalue weighted by atomic mass is 32.1. The lowest BCUT2D eigenvalue weighted by atomic mass is 9.92. The van der Waals surface area contributed by atoms with Crippen LogP contribution in [0.25, 0.3) is 10.6 Å². The molecule has 0 fully saturated rings. The second kappa shape index (κ2) is 9.65. The van der Waals surface area contributed by atoms with E-state index < -0.39 is 0 Å². The van der Waals surface area contributed by atoms with Crippen LogP contribution in [0.1, 0.15) is 24.0 Å². The molecule has 4 aromatic rings. The summed E-state index contributed by atoms with van der Waals surface area (Å²) in [7, 11) is 0. The average molecular weight is 430 g/mol. The van der Waals surface area contributed by atoms with Crippen molar-refractivity contribution in [2.75, 3.05) is 6.54 Å².